The Morgan fingerprint density at radius 1 is 1.29 bits per heavy atom. The summed E-state index contributed by atoms with van der Waals surface area (Å²) in [7, 11) is 0. The van der Waals surface area contributed by atoms with E-state index in [1.165, 1.54) is 0 Å². The molecule has 0 unspecified atom stereocenters. The lowest BCUT2D eigenvalue weighted by molar-refractivity contribution is -0.128. The van der Waals surface area contributed by atoms with Crippen LogP contribution in [-0.2, 0) is 4.79 Å². The second-order valence-corrected chi connectivity index (χ2v) is 6.81. The quantitative estimate of drug-likeness (QED) is 0.748. The fourth-order valence-corrected chi connectivity index (χ4v) is 2.79. The molecule has 1 fully saturated rings. The number of carbonyl (C=O) groups is 2. The fourth-order valence-electron chi connectivity index (χ4n) is 2.79. The number of nitrogens with zero attached hydrogens (tertiary/aromatic N) is 1. The molecule has 1 aromatic rings. The van der Waals surface area contributed by atoms with Gasteiger partial charge in [0.15, 0.2) is 0 Å². The van der Waals surface area contributed by atoms with Crippen LogP contribution in [0.3, 0.4) is 0 Å². The van der Waals surface area contributed by atoms with Crippen molar-refractivity contribution in [3.05, 3.63) is 29.3 Å². The van der Waals surface area contributed by atoms with Crippen LogP contribution in [0.25, 0.3) is 0 Å². The summed E-state index contributed by atoms with van der Waals surface area (Å²) in [6.07, 6.45) is -0.339. The van der Waals surface area contributed by atoms with E-state index in [0.717, 1.165) is 16.0 Å². The average molecular weight is 334 g/mol. The molecule has 0 aliphatic carbocycles. The van der Waals surface area contributed by atoms with Gasteiger partial charge in [0.25, 0.3) is 5.91 Å². The van der Waals surface area contributed by atoms with Gasteiger partial charge in [0.2, 0.25) is 0 Å². The van der Waals surface area contributed by atoms with Crippen LogP contribution in [-0.4, -0.2) is 47.2 Å². The minimum atomic E-state index is -0.932. The zero-order valence-electron chi connectivity index (χ0n) is 14.7. The number of aliphatic hydroxyl groups is 1. The molecule has 2 rings (SSSR count). The molecule has 0 spiro atoms. The molecule has 132 valence electrons. The number of hydrogen-bond acceptors (Lipinski definition) is 4. The van der Waals surface area contributed by atoms with E-state index in [-0.39, 0.29) is 19.1 Å². The molecule has 0 radical (unpaired) electrons. The highest BCUT2D eigenvalue weighted by molar-refractivity contribution is 6.04. The minimum absolute atomic E-state index is 0.0236. The monoisotopic (exact) mass is 334 g/mol. The van der Waals surface area contributed by atoms with Crippen LogP contribution in [0.2, 0.25) is 0 Å². The number of aryl methyl sites for hydroxylation is 2. The standard InChI is InChI=1S/C18H26N2O4/c1-11(2)7-15-17(22)20(18(23)19-15)9-14(21)10-24-16-6-5-12(3)8-13(16)4/h5-6,8,11,14-15,21H,7,9-10H2,1-4H3,(H,19,23)/t14-,15-/m1/s1. The molecule has 2 atom stereocenters. The molecule has 3 amide bonds. The second kappa shape index (κ2) is 7.66. The number of rotatable bonds is 7. The first-order chi connectivity index (χ1) is 11.3. The van der Waals surface area contributed by atoms with Crippen LogP contribution >= 0.6 is 0 Å². The highest BCUT2D eigenvalue weighted by atomic mass is 16.5. The van der Waals surface area contributed by atoms with Gasteiger partial charge in [-0.25, -0.2) is 4.79 Å². The molecule has 0 bridgehead atoms. The molecule has 0 saturated carbocycles. The first-order valence-electron chi connectivity index (χ1n) is 8.28. The average Bonchev–Trinajstić information content (AvgIpc) is 2.73. The van der Waals surface area contributed by atoms with Crippen molar-refractivity contribution in [2.75, 3.05) is 13.2 Å². The van der Waals surface area contributed by atoms with Crippen molar-refractivity contribution in [1.82, 2.24) is 10.2 Å². The van der Waals surface area contributed by atoms with Gasteiger partial charge < -0.3 is 15.2 Å². The van der Waals surface area contributed by atoms with E-state index in [0.29, 0.717) is 18.1 Å². The summed E-state index contributed by atoms with van der Waals surface area (Å²) in [5.74, 6) is 0.714. The summed E-state index contributed by atoms with van der Waals surface area (Å²) in [5, 5.41) is 12.8. The normalized spacial score (nSPS) is 18.9. The van der Waals surface area contributed by atoms with Crippen LogP contribution in [0.1, 0.15) is 31.4 Å². The molecular weight excluding hydrogens is 308 g/mol. The first kappa shape index (κ1) is 18.3. The van der Waals surface area contributed by atoms with Gasteiger partial charge in [0, 0.05) is 0 Å². The number of amides is 3. The lowest BCUT2D eigenvalue weighted by Crippen LogP contribution is -2.40. The number of β-amino-alcohol motifs (C(OH)–C–C–N with tert-alkyl or cyclic N) is 1. The predicted molar refractivity (Wildman–Crippen MR) is 90.9 cm³/mol. The van der Waals surface area contributed by atoms with Crippen LogP contribution in [0.4, 0.5) is 4.79 Å². The van der Waals surface area contributed by atoms with Crippen LogP contribution < -0.4 is 10.1 Å². The summed E-state index contributed by atoms with van der Waals surface area (Å²) in [4.78, 5) is 25.2. The number of urea groups is 1. The molecule has 1 saturated heterocycles. The lowest BCUT2D eigenvalue weighted by Gasteiger charge is -2.19. The molecule has 1 aliphatic heterocycles. The first-order valence-corrected chi connectivity index (χ1v) is 8.28. The van der Waals surface area contributed by atoms with Gasteiger partial charge in [-0.05, 0) is 37.8 Å². The topological polar surface area (TPSA) is 78.9 Å². The Hall–Kier alpha value is -2.08. The molecule has 1 aromatic carbocycles. The van der Waals surface area contributed by atoms with E-state index >= 15 is 0 Å². The Morgan fingerprint density at radius 2 is 2.00 bits per heavy atom. The zero-order valence-corrected chi connectivity index (χ0v) is 14.7. The van der Waals surface area contributed by atoms with Gasteiger partial charge in [-0.3, -0.25) is 9.69 Å². The zero-order chi connectivity index (χ0) is 17.9. The summed E-state index contributed by atoms with van der Waals surface area (Å²) in [6, 6.07) is 4.84. The largest absolute Gasteiger partial charge is 0.491 e. The minimum Gasteiger partial charge on any atom is -0.491 e. The van der Waals surface area contributed by atoms with Crippen molar-refractivity contribution in [2.24, 2.45) is 5.92 Å². The number of nitrogens with one attached hydrogen (secondary N) is 1. The van der Waals surface area contributed by atoms with Crippen molar-refractivity contribution in [2.45, 2.75) is 46.3 Å². The molecule has 0 aromatic heterocycles. The Morgan fingerprint density at radius 3 is 2.62 bits per heavy atom. The maximum absolute atomic E-state index is 12.2. The van der Waals surface area contributed by atoms with Crippen molar-refractivity contribution < 1.29 is 19.4 Å². The van der Waals surface area contributed by atoms with Crippen molar-refractivity contribution in [3.63, 3.8) is 0 Å². The Kier molecular flexibility index (Phi) is 5.83. The highest BCUT2D eigenvalue weighted by Crippen LogP contribution is 2.19. The third-order valence-corrected chi connectivity index (χ3v) is 3.97. The SMILES string of the molecule is Cc1ccc(OC[C@H](O)CN2C(=O)N[C@H](CC(C)C)C2=O)c(C)c1. The summed E-state index contributed by atoms with van der Waals surface area (Å²) in [5.41, 5.74) is 2.12. The lowest BCUT2D eigenvalue weighted by atomic mass is 10.0. The molecule has 6 heteroatoms. The molecule has 6 nitrogen and oxygen atoms in total. The van der Waals surface area contributed by atoms with Crippen LogP contribution in [0.15, 0.2) is 18.2 Å². The number of ether oxygens (including phenoxy) is 1. The molecule has 24 heavy (non-hydrogen) atoms. The number of aliphatic hydroxyl groups excluding tert-OH is 1. The van der Waals surface area contributed by atoms with Crippen LogP contribution in [0, 0.1) is 19.8 Å². The van der Waals surface area contributed by atoms with Gasteiger partial charge in [0.1, 0.15) is 24.5 Å². The van der Waals surface area contributed by atoms with Gasteiger partial charge in [-0.15, -0.1) is 0 Å². The van der Waals surface area contributed by atoms with E-state index in [1.807, 2.05) is 45.9 Å². The van der Waals surface area contributed by atoms with E-state index in [4.69, 9.17) is 4.74 Å². The van der Waals surface area contributed by atoms with Gasteiger partial charge in [-0.2, -0.15) is 0 Å². The van der Waals surface area contributed by atoms with E-state index in [2.05, 4.69) is 5.32 Å². The van der Waals surface area contributed by atoms with Crippen molar-refractivity contribution in [3.8, 4) is 5.75 Å². The van der Waals surface area contributed by atoms with E-state index < -0.39 is 18.2 Å². The molecule has 1 heterocycles. The summed E-state index contributed by atoms with van der Waals surface area (Å²) < 4.78 is 5.61. The van der Waals surface area contributed by atoms with E-state index in [9.17, 15) is 14.7 Å². The van der Waals surface area contributed by atoms with Gasteiger partial charge in [-0.1, -0.05) is 31.5 Å². The van der Waals surface area contributed by atoms with Gasteiger partial charge >= 0.3 is 6.03 Å². The maximum Gasteiger partial charge on any atom is 0.324 e. The highest BCUT2D eigenvalue weighted by Gasteiger charge is 2.38. The number of imide groups is 1. The number of hydrogen-bond donors (Lipinski definition) is 2. The Bertz CT molecular complexity index is 615. The molecule has 1 aliphatic rings. The van der Waals surface area contributed by atoms with Crippen molar-refractivity contribution >= 4 is 11.9 Å². The predicted octanol–water partition coefficient (Wildman–Crippen LogP) is 2.01. The maximum atomic E-state index is 12.2. The third kappa shape index (κ3) is 4.47. The summed E-state index contributed by atoms with van der Waals surface area (Å²) in [6.45, 7) is 7.88. The van der Waals surface area contributed by atoms with Gasteiger partial charge in [0.05, 0.1) is 6.54 Å². The Labute approximate surface area is 142 Å². The third-order valence-electron chi connectivity index (χ3n) is 3.97. The molecular formula is C18H26N2O4. The van der Waals surface area contributed by atoms with Crippen LogP contribution in [0.5, 0.6) is 5.75 Å². The van der Waals surface area contributed by atoms with Crippen molar-refractivity contribution in [1.29, 1.82) is 0 Å². The number of benzene rings is 1. The Balaban J connectivity index is 1.88. The molecule has 2 N–H and O–H groups in total. The number of carbonyl (C=O) groups excluding carboxylic acids is 2. The van der Waals surface area contributed by atoms with E-state index in [1.54, 1.807) is 0 Å². The smallest absolute Gasteiger partial charge is 0.324 e. The fraction of sp³-hybridized carbons (Fsp3) is 0.556. The summed E-state index contributed by atoms with van der Waals surface area (Å²) >= 11 is 0. The second-order valence-electron chi connectivity index (χ2n) is 6.81.